The van der Waals surface area contributed by atoms with E-state index in [1.807, 2.05) is 50.2 Å². The minimum Gasteiger partial charge on any atom is -0.482 e. The second-order valence-corrected chi connectivity index (χ2v) is 6.37. The Morgan fingerprint density at radius 1 is 0.857 bits per heavy atom. The third-order valence-corrected chi connectivity index (χ3v) is 4.08. The van der Waals surface area contributed by atoms with Gasteiger partial charge in [0, 0.05) is 11.3 Å². The van der Waals surface area contributed by atoms with E-state index in [4.69, 9.17) is 9.47 Å². The first-order valence-electron chi connectivity index (χ1n) is 8.88. The molecule has 0 aliphatic rings. The van der Waals surface area contributed by atoms with Crippen molar-refractivity contribution >= 4 is 17.6 Å². The Labute approximate surface area is 163 Å². The summed E-state index contributed by atoms with van der Waals surface area (Å²) in [6.07, 6.45) is 0. The molecule has 0 spiro atoms. The number of aryl methyl sites for hydroxylation is 2. The van der Waals surface area contributed by atoms with E-state index in [1.54, 1.807) is 36.4 Å². The molecule has 5 heteroatoms. The van der Waals surface area contributed by atoms with Gasteiger partial charge >= 0.3 is 5.97 Å². The van der Waals surface area contributed by atoms with Crippen LogP contribution < -0.4 is 14.8 Å². The van der Waals surface area contributed by atoms with Crippen LogP contribution in [0.2, 0.25) is 0 Å². The standard InChI is InChI=1S/C23H21NO4/c1-16-8-13-21(17(2)14-16)24-23(26)18-9-11-20(12-10-18)28-22(25)15-27-19-6-4-3-5-7-19/h3-14H,15H2,1-2H3,(H,24,26). The Morgan fingerprint density at radius 2 is 1.57 bits per heavy atom. The van der Waals surface area contributed by atoms with E-state index >= 15 is 0 Å². The van der Waals surface area contributed by atoms with E-state index in [1.165, 1.54) is 0 Å². The zero-order chi connectivity index (χ0) is 19.9. The number of esters is 1. The average Bonchev–Trinajstić information content (AvgIpc) is 2.70. The number of ether oxygens (including phenoxy) is 2. The van der Waals surface area contributed by atoms with Crippen LogP contribution in [-0.4, -0.2) is 18.5 Å². The van der Waals surface area contributed by atoms with Crippen molar-refractivity contribution in [1.29, 1.82) is 0 Å². The highest BCUT2D eigenvalue weighted by Crippen LogP contribution is 2.18. The Balaban J connectivity index is 1.55. The first-order valence-corrected chi connectivity index (χ1v) is 8.88. The number of para-hydroxylation sites is 1. The van der Waals surface area contributed by atoms with Crippen molar-refractivity contribution in [3.05, 3.63) is 89.5 Å². The third-order valence-electron chi connectivity index (χ3n) is 4.08. The molecular formula is C23H21NO4. The van der Waals surface area contributed by atoms with Crippen LogP contribution in [0.1, 0.15) is 21.5 Å². The number of amides is 1. The summed E-state index contributed by atoms with van der Waals surface area (Å²) < 4.78 is 10.6. The van der Waals surface area contributed by atoms with Crippen LogP contribution in [0.25, 0.3) is 0 Å². The summed E-state index contributed by atoms with van der Waals surface area (Å²) in [5.41, 5.74) is 3.37. The van der Waals surface area contributed by atoms with Crippen LogP contribution in [0.4, 0.5) is 5.69 Å². The van der Waals surface area contributed by atoms with Crippen molar-refractivity contribution in [3.63, 3.8) is 0 Å². The third kappa shape index (κ3) is 5.20. The molecule has 0 aromatic heterocycles. The molecule has 5 nitrogen and oxygen atoms in total. The second kappa shape index (κ2) is 8.86. The summed E-state index contributed by atoms with van der Waals surface area (Å²) in [6.45, 7) is 3.76. The molecule has 0 aliphatic carbocycles. The van der Waals surface area contributed by atoms with Crippen molar-refractivity contribution < 1.29 is 19.1 Å². The van der Waals surface area contributed by atoms with Gasteiger partial charge < -0.3 is 14.8 Å². The second-order valence-electron chi connectivity index (χ2n) is 6.37. The van der Waals surface area contributed by atoms with Crippen LogP contribution in [0.5, 0.6) is 11.5 Å². The maximum absolute atomic E-state index is 12.4. The molecule has 0 aliphatic heterocycles. The largest absolute Gasteiger partial charge is 0.482 e. The molecule has 3 rings (SSSR count). The molecule has 0 fully saturated rings. The van der Waals surface area contributed by atoms with Crippen LogP contribution in [0.15, 0.2) is 72.8 Å². The van der Waals surface area contributed by atoms with E-state index < -0.39 is 5.97 Å². The predicted octanol–water partition coefficient (Wildman–Crippen LogP) is 4.54. The van der Waals surface area contributed by atoms with Gasteiger partial charge in [0.25, 0.3) is 5.91 Å². The first kappa shape index (κ1) is 19.2. The van der Waals surface area contributed by atoms with Gasteiger partial charge in [-0.15, -0.1) is 0 Å². The fourth-order valence-corrected chi connectivity index (χ4v) is 2.64. The quantitative estimate of drug-likeness (QED) is 0.507. The van der Waals surface area contributed by atoms with Gasteiger partial charge in [-0.25, -0.2) is 4.79 Å². The number of nitrogens with one attached hydrogen (secondary N) is 1. The van der Waals surface area contributed by atoms with Crippen molar-refractivity contribution in [3.8, 4) is 11.5 Å². The van der Waals surface area contributed by atoms with Gasteiger partial charge in [-0.05, 0) is 61.9 Å². The summed E-state index contributed by atoms with van der Waals surface area (Å²) in [5.74, 6) is 0.205. The summed E-state index contributed by atoms with van der Waals surface area (Å²) in [6, 6.07) is 21.2. The van der Waals surface area contributed by atoms with Crippen molar-refractivity contribution in [1.82, 2.24) is 0 Å². The summed E-state index contributed by atoms with van der Waals surface area (Å²) in [4.78, 5) is 24.3. The van der Waals surface area contributed by atoms with Gasteiger partial charge in [0.1, 0.15) is 11.5 Å². The van der Waals surface area contributed by atoms with Crippen LogP contribution in [0, 0.1) is 13.8 Å². The van der Waals surface area contributed by atoms with Crippen molar-refractivity contribution in [2.75, 3.05) is 11.9 Å². The SMILES string of the molecule is Cc1ccc(NC(=O)c2ccc(OC(=O)COc3ccccc3)cc2)c(C)c1. The fraction of sp³-hybridized carbons (Fsp3) is 0.130. The van der Waals surface area contributed by atoms with E-state index in [0.717, 1.165) is 16.8 Å². The Morgan fingerprint density at radius 3 is 2.25 bits per heavy atom. The molecule has 1 amide bonds. The zero-order valence-electron chi connectivity index (χ0n) is 15.8. The van der Waals surface area contributed by atoms with Crippen LogP contribution in [0.3, 0.4) is 0 Å². The van der Waals surface area contributed by atoms with E-state index in [-0.39, 0.29) is 12.5 Å². The molecule has 3 aromatic carbocycles. The Hall–Kier alpha value is -3.60. The molecule has 3 aromatic rings. The monoisotopic (exact) mass is 375 g/mol. The maximum Gasteiger partial charge on any atom is 0.349 e. The summed E-state index contributed by atoms with van der Waals surface area (Å²) in [5, 5.41) is 2.89. The molecule has 0 saturated carbocycles. The van der Waals surface area contributed by atoms with Crippen LogP contribution >= 0.6 is 0 Å². The molecule has 0 atom stereocenters. The molecule has 0 radical (unpaired) electrons. The zero-order valence-corrected chi connectivity index (χ0v) is 15.8. The number of anilines is 1. The summed E-state index contributed by atoms with van der Waals surface area (Å²) in [7, 11) is 0. The van der Waals surface area contributed by atoms with Crippen LogP contribution in [-0.2, 0) is 4.79 Å². The summed E-state index contributed by atoms with van der Waals surface area (Å²) >= 11 is 0. The predicted molar refractivity (Wildman–Crippen MR) is 108 cm³/mol. The van der Waals surface area contributed by atoms with Gasteiger partial charge in [0.15, 0.2) is 6.61 Å². The Bertz CT molecular complexity index is 966. The van der Waals surface area contributed by atoms with Gasteiger partial charge in [0.05, 0.1) is 0 Å². The lowest BCUT2D eigenvalue weighted by molar-refractivity contribution is -0.136. The van der Waals surface area contributed by atoms with Crippen molar-refractivity contribution in [2.24, 2.45) is 0 Å². The molecule has 0 unspecified atom stereocenters. The fourth-order valence-electron chi connectivity index (χ4n) is 2.64. The smallest absolute Gasteiger partial charge is 0.349 e. The lowest BCUT2D eigenvalue weighted by Crippen LogP contribution is -2.18. The normalized spacial score (nSPS) is 10.2. The molecule has 0 heterocycles. The molecule has 28 heavy (non-hydrogen) atoms. The van der Waals surface area contributed by atoms with Gasteiger partial charge in [-0.2, -0.15) is 0 Å². The molecule has 0 saturated heterocycles. The van der Waals surface area contributed by atoms with E-state index in [2.05, 4.69) is 5.32 Å². The molecule has 0 bridgehead atoms. The van der Waals surface area contributed by atoms with E-state index in [9.17, 15) is 9.59 Å². The highest BCUT2D eigenvalue weighted by atomic mass is 16.6. The first-order chi connectivity index (χ1) is 13.5. The maximum atomic E-state index is 12.4. The molecule has 142 valence electrons. The minimum absolute atomic E-state index is 0.195. The lowest BCUT2D eigenvalue weighted by Gasteiger charge is -2.10. The lowest BCUT2D eigenvalue weighted by atomic mass is 10.1. The molecule has 1 N–H and O–H groups in total. The number of carbonyl (C=O) groups excluding carboxylic acids is 2. The minimum atomic E-state index is -0.517. The topological polar surface area (TPSA) is 64.6 Å². The molecular weight excluding hydrogens is 354 g/mol. The van der Waals surface area contributed by atoms with Gasteiger partial charge in [0.2, 0.25) is 0 Å². The Kier molecular flexibility index (Phi) is 6.07. The average molecular weight is 375 g/mol. The van der Waals surface area contributed by atoms with Gasteiger partial charge in [-0.1, -0.05) is 35.9 Å². The number of hydrogen-bond donors (Lipinski definition) is 1. The van der Waals surface area contributed by atoms with Crippen molar-refractivity contribution in [2.45, 2.75) is 13.8 Å². The number of carbonyl (C=O) groups is 2. The highest BCUT2D eigenvalue weighted by Gasteiger charge is 2.10. The number of hydrogen-bond acceptors (Lipinski definition) is 4. The highest BCUT2D eigenvalue weighted by molar-refractivity contribution is 6.04. The number of benzene rings is 3. The van der Waals surface area contributed by atoms with Gasteiger partial charge in [-0.3, -0.25) is 4.79 Å². The van der Waals surface area contributed by atoms with E-state index in [0.29, 0.717) is 17.1 Å². The number of rotatable bonds is 6.